The lowest BCUT2D eigenvalue weighted by Crippen LogP contribution is -2.45. The van der Waals surface area contributed by atoms with E-state index in [2.05, 4.69) is 5.32 Å². The standard InChI is InChI=1S/C16H22N2O3/c17-16(8-2-1-3-9-16)10-14(19)18-11-12-4-6-13(7-5-12)15(20)21/h4-7H,1-3,8-11,17H2,(H,18,19)(H,20,21). The number of nitrogens with one attached hydrogen (secondary N) is 1. The van der Waals surface area contributed by atoms with Crippen molar-refractivity contribution in [3.63, 3.8) is 0 Å². The lowest BCUT2D eigenvalue weighted by atomic mass is 9.80. The number of rotatable bonds is 5. The molecule has 0 bridgehead atoms. The van der Waals surface area contributed by atoms with Gasteiger partial charge in [-0.2, -0.15) is 0 Å². The second-order valence-electron chi connectivity index (χ2n) is 5.88. The Morgan fingerprint density at radius 2 is 1.76 bits per heavy atom. The Kier molecular flexibility index (Phi) is 4.96. The number of benzene rings is 1. The maximum Gasteiger partial charge on any atom is 0.335 e. The minimum atomic E-state index is -0.951. The molecule has 1 amide bonds. The molecule has 4 N–H and O–H groups in total. The van der Waals surface area contributed by atoms with Gasteiger partial charge in [0.15, 0.2) is 0 Å². The van der Waals surface area contributed by atoms with Crippen LogP contribution in [0.2, 0.25) is 0 Å². The van der Waals surface area contributed by atoms with Crippen LogP contribution in [0, 0.1) is 0 Å². The Morgan fingerprint density at radius 3 is 2.33 bits per heavy atom. The number of nitrogens with two attached hydrogens (primary N) is 1. The fraction of sp³-hybridized carbons (Fsp3) is 0.500. The number of carbonyl (C=O) groups is 2. The molecule has 0 unspecified atom stereocenters. The predicted octanol–water partition coefficient (Wildman–Crippen LogP) is 2.05. The molecule has 1 aliphatic rings. The first-order chi connectivity index (χ1) is 9.98. The van der Waals surface area contributed by atoms with Gasteiger partial charge in [0.25, 0.3) is 0 Å². The molecule has 2 rings (SSSR count). The van der Waals surface area contributed by atoms with Gasteiger partial charge in [0.1, 0.15) is 0 Å². The van der Waals surface area contributed by atoms with Gasteiger partial charge >= 0.3 is 5.97 Å². The lowest BCUT2D eigenvalue weighted by Gasteiger charge is -2.32. The summed E-state index contributed by atoms with van der Waals surface area (Å²) in [6.45, 7) is 0.398. The summed E-state index contributed by atoms with van der Waals surface area (Å²) in [5, 5.41) is 11.7. The third kappa shape index (κ3) is 4.56. The number of hydrogen-bond donors (Lipinski definition) is 3. The van der Waals surface area contributed by atoms with Crippen molar-refractivity contribution in [1.29, 1.82) is 0 Å². The second kappa shape index (κ2) is 6.72. The molecule has 1 aliphatic carbocycles. The quantitative estimate of drug-likeness (QED) is 0.774. The third-order valence-corrected chi connectivity index (χ3v) is 4.05. The fourth-order valence-corrected chi connectivity index (χ4v) is 2.78. The molecule has 1 saturated carbocycles. The van der Waals surface area contributed by atoms with Gasteiger partial charge in [0.05, 0.1) is 5.56 Å². The van der Waals surface area contributed by atoms with Crippen LogP contribution in [0.1, 0.15) is 54.4 Å². The third-order valence-electron chi connectivity index (χ3n) is 4.05. The Morgan fingerprint density at radius 1 is 1.14 bits per heavy atom. The minimum Gasteiger partial charge on any atom is -0.478 e. The fourth-order valence-electron chi connectivity index (χ4n) is 2.78. The average Bonchev–Trinajstić information content (AvgIpc) is 2.46. The minimum absolute atomic E-state index is 0.0401. The molecule has 5 nitrogen and oxygen atoms in total. The smallest absolute Gasteiger partial charge is 0.335 e. The summed E-state index contributed by atoms with van der Waals surface area (Å²) in [5.41, 5.74) is 7.03. The van der Waals surface area contributed by atoms with Crippen LogP contribution in [-0.4, -0.2) is 22.5 Å². The average molecular weight is 290 g/mol. The van der Waals surface area contributed by atoms with E-state index in [0.717, 1.165) is 31.2 Å². The van der Waals surface area contributed by atoms with Gasteiger partial charge in [-0.1, -0.05) is 31.4 Å². The monoisotopic (exact) mass is 290 g/mol. The molecular formula is C16H22N2O3. The SMILES string of the molecule is NC1(CC(=O)NCc2ccc(C(=O)O)cc2)CCCCC1. The summed E-state index contributed by atoms with van der Waals surface area (Å²) in [4.78, 5) is 22.7. The van der Waals surface area contributed by atoms with Gasteiger partial charge in [0.2, 0.25) is 5.91 Å². The summed E-state index contributed by atoms with van der Waals surface area (Å²) in [7, 11) is 0. The second-order valence-corrected chi connectivity index (χ2v) is 5.88. The molecular weight excluding hydrogens is 268 g/mol. The summed E-state index contributed by atoms with van der Waals surface area (Å²) < 4.78 is 0. The van der Waals surface area contributed by atoms with E-state index in [1.807, 2.05) is 0 Å². The Balaban J connectivity index is 1.82. The van der Waals surface area contributed by atoms with E-state index in [1.54, 1.807) is 12.1 Å². The summed E-state index contributed by atoms with van der Waals surface area (Å²) in [6.07, 6.45) is 5.58. The molecule has 0 radical (unpaired) electrons. The van der Waals surface area contributed by atoms with Crippen LogP contribution in [0.15, 0.2) is 24.3 Å². The number of aromatic carboxylic acids is 1. The van der Waals surface area contributed by atoms with E-state index >= 15 is 0 Å². The molecule has 0 spiro atoms. The topological polar surface area (TPSA) is 92.4 Å². The summed E-state index contributed by atoms with van der Waals surface area (Å²) in [5.74, 6) is -0.991. The molecule has 0 atom stereocenters. The highest BCUT2D eigenvalue weighted by Crippen LogP contribution is 2.28. The molecule has 1 fully saturated rings. The molecule has 0 aromatic heterocycles. The molecule has 5 heteroatoms. The summed E-state index contributed by atoms with van der Waals surface area (Å²) in [6, 6.07) is 6.50. The highest BCUT2D eigenvalue weighted by Gasteiger charge is 2.29. The van der Waals surface area contributed by atoms with Crippen molar-refractivity contribution in [3.05, 3.63) is 35.4 Å². The zero-order chi connectivity index (χ0) is 15.3. The van der Waals surface area contributed by atoms with Crippen molar-refractivity contribution in [2.24, 2.45) is 5.73 Å². The van der Waals surface area contributed by atoms with Crippen LogP contribution < -0.4 is 11.1 Å². The van der Waals surface area contributed by atoms with Crippen LogP contribution >= 0.6 is 0 Å². The van der Waals surface area contributed by atoms with Crippen molar-refractivity contribution >= 4 is 11.9 Å². The predicted molar refractivity (Wildman–Crippen MR) is 79.9 cm³/mol. The molecule has 1 aromatic rings. The maximum absolute atomic E-state index is 12.0. The van der Waals surface area contributed by atoms with Crippen molar-refractivity contribution in [1.82, 2.24) is 5.32 Å². The maximum atomic E-state index is 12.0. The van der Waals surface area contributed by atoms with Crippen molar-refractivity contribution < 1.29 is 14.7 Å². The molecule has 0 heterocycles. The highest BCUT2D eigenvalue weighted by atomic mass is 16.4. The normalized spacial score (nSPS) is 17.2. The number of carboxylic acid groups (broad SMARTS) is 1. The van der Waals surface area contributed by atoms with Gasteiger partial charge in [-0.3, -0.25) is 4.79 Å². The van der Waals surface area contributed by atoms with E-state index in [4.69, 9.17) is 10.8 Å². The van der Waals surface area contributed by atoms with Crippen LogP contribution in [0.5, 0.6) is 0 Å². The van der Waals surface area contributed by atoms with Gasteiger partial charge in [0, 0.05) is 18.5 Å². The van der Waals surface area contributed by atoms with Crippen molar-refractivity contribution in [2.45, 2.75) is 50.6 Å². The van der Waals surface area contributed by atoms with Crippen molar-refractivity contribution in [2.75, 3.05) is 0 Å². The van der Waals surface area contributed by atoms with Crippen molar-refractivity contribution in [3.8, 4) is 0 Å². The Bertz CT molecular complexity index is 505. The molecule has 1 aromatic carbocycles. The highest BCUT2D eigenvalue weighted by molar-refractivity contribution is 5.87. The van der Waals surface area contributed by atoms with E-state index < -0.39 is 5.97 Å². The summed E-state index contributed by atoms with van der Waals surface area (Å²) >= 11 is 0. The zero-order valence-electron chi connectivity index (χ0n) is 12.1. The van der Waals surface area contributed by atoms with E-state index in [0.29, 0.717) is 13.0 Å². The van der Waals surface area contributed by atoms with Crippen LogP contribution in [-0.2, 0) is 11.3 Å². The van der Waals surface area contributed by atoms with Gasteiger partial charge in [-0.05, 0) is 30.5 Å². The largest absolute Gasteiger partial charge is 0.478 e. The first-order valence-electron chi connectivity index (χ1n) is 7.36. The van der Waals surface area contributed by atoms with Gasteiger partial charge in [-0.25, -0.2) is 4.79 Å². The molecule has 0 aliphatic heterocycles. The Hall–Kier alpha value is -1.88. The molecule has 21 heavy (non-hydrogen) atoms. The van der Waals surface area contributed by atoms with E-state index in [1.165, 1.54) is 18.6 Å². The van der Waals surface area contributed by atoms with E-state index in [9.17, 15) is 9.59 Å². The number of carboxylic acids is 1. The van der Waals surface area contributed by atoms with Crippen LogP contribution in [0.4, 0.5) is 0 Å². The van der Waals surface area contributed by atoms with Gasteiger partial charge < -0.3 is 16.2 Å². The number of amides is 1. The Labute approximate surface area is 124 Å². The van der Waals surface area contributed by atoms with Gasteiger partial charge in [-0.15, -0.1) is 0 Å². The molecule has 114 valence electrons. The lowest BCUT2D eigenvalue weighted by molar-refractivity contribution is -0.122. The number of hydrogen-bond acceptors (Lipinski definition) is 3. The first kappa shape index (κ1) is 15.5. The van der Waals surface area contributed by atoms with E-state index in [-0.39, 0.29) is 17.0 Å². The zero-order valence-corrected chi connectivity index (χ0v) is 12.1. The van der Waals surface area contributed by atoms with Crippen LogP contribution in [0.3, 0.4) is 0 Å². The van der Waals surface area contributed by atoms with Crippen LogP contribution in [0.25, 0.3) is 0 Å². The molecule has 0 saturated heterocycles. The number of carbonyl (C=O) groups excluding carboxylic acids is 1. The first-order valence-corrected chi connectivity index (χ1v) is 7.36.